The van der Waals surface area contributed by atoms with E-state index >= 15 is 0 Å². The number of hydrogen-bond acceptors (Lipinski definition) is 2. The molecule has 1 aromatic carbocycles. The molecule has 0 aromatic heterocycles. The van der Waals surface area contributed by atoms with Gasteiger partial charge in [0.05, 0.1) is 0 Å². The summed E-state index contributed by atoms with van der Waals surface area (Å²) in [5.41, 5.74) is 1.08. The molecule has 1 heterocycles. The summed E-state index contributed by atoms with van der Waals surface area (Å²) in [7, 11) is 2.17. The Morgan fingerprint density at radius 1 is 1.43 bits per heavy atom. The Kier molecular flexibility index (Phi) is 2.73. The van der Waals surface area contributed by atoms with Gasteiger partial charge in [-0.2, -0.15) is 0 Å². The maximum absolute atomic E-state index is 9.57. The van der Waals surface area contributed by atoms with Crippen LogP contribution in [0.1, 0.15) is 18.4 Å². The number of hydrogen-bond donors (Lipinski definition) is 1. The van der Waals surface area contributed by atoms with Gasteiger partial charge in [-0.15, -0.1) is 0 Å². The smallest absolute Gasteiger partial charge is 0.118 e. The Hall–Kier alpha value is -1.02. The summed E-state index contributed by atoms with van der Waals surface area (Å²) >= 11 is 0. The molecule has 2 heteroatoms. The molecule has 2 rings (SSSR count). The summed E-state index contributed by atoms with van der Waals surface area (Å²) in [5.74, 6) is 0.439. The molecule has 0 radical (unpaired) electrons. The van der Waals surface area contributed by atoms with E-state index in [9.17, 15) is 5.11 Å². The van der Waals surface area contributed by atoms with Crippen LogP contribution >= 0.6 is 0 Å². The number of aryl methyl sites for hydroxylation is 1. The first-order chi connectivity index (χ1) is 6.77. The van der Waals surface area contributed by atoms with Crippen molar-refractivity contribution in [3.8, 4) is 5.75 Å². The quantitative estimate of drug-likeness (QED) is 0.790. The zero-order chi connectivity index (χ0) is 9.97. The van der Waals surface area contributed by atoms with Crippen molar-refractivity contribution >= 4 is 0 Å². The van der Waals surface area contributed by atoms with Crippen molar-refractivity contribution in [1.82, 2.24) is 4.90 Å². The highest BCUT2D eigenvalue weighted by atomic mass is 16.3. The lowest BCUT2D eigenvalue weighted by atomic mass is 9.96. The van der Waals surface area contributed by atoms with Gasteiger partial charge in [-0.05, 0) is 44.5 Å². The summed E-state index contributed by atoms with van der Waals surface area (Å²) < 4.78 is 0. The first-order valence-electron chi connectivity index (χ1n) is 5.24. The predicted molar refractivity (Wildman–Crippen MR) is 57.5 cm³/mol. The van der Waals surface area contributed by atoms with Crippen molar-refractivity contribution in [3.05, 3.63) is 29.8 Å². The van der Waals surface area contributed by atoms with E-state index in [4.69, 9.17) is 0 Å². The molecular formula is C12H17NO. The molecule has 2 nitrogen and oxygen atoms in total. The summed E-state index contributed by atoms with van der Waals surface area (Å²) in [6.45, 7) is 1.23. The molecule has 0 amide bonds. The average Bonchev–Trinajstić information content (AvgIpc) is 2.19. The zero-order valence-electron chi connectivity index (χ0n) is 8.61. The highest BCUT2D eigenvalue weighted by Crippen LogP contribution is 2.23. The molecule has 1 aliphatic rings. The van der Waals surface area contributed by atoms with Crippen molar-refractivity contribution in [2.45, 2.75) is 25.3 Å². The molecule has 14 heavy (non-hydrogen) atoms. The maximum Gasteiger partial charge on any atom is 0.118 e. The molecule has 0 bridgehead atoms. The Balaban J connectivity index is 1.88. The fourth-order valence-corrected chi connectivity index (χ4v) is 1.98. The topological polar surface area (TPSA) is 23.5 Å². The highest BCUT2D eigenvalue weighted by molar-refractivity contribution is 5.31. The van der Waals surface area contributed by atoms with Gasteiger partial charge in [-0.3, -0.25) is 0 Å². The Morgan fingerprint density at radius 2 is 2.21 bits per heavy atom. The Labute approximate surface area is 85.2 Å². The number of benzene rings is 1. The SMILES string of the molecule is CN1CCC1CCc1ccccc1O. The summed E-state index contributed by atoms with van der Waals surface area (Å²) in [6.07, 6.45) is 3.46. The monoisotopic (exact) mass is 191 g/mol. The first kappa shape index (κ1) is 9.53. The Bertz CT molecular complexity index is 311. The maximum atomic E-state index is 9.57. The van der Waals surface area contributed by atoms with Crippen molar-refractivity contribution in [2.75, 3.05) is 13.6 Å². The van der Waals surface area contributed by atoms with Gasteiger partial charge < -0.3 is 10.0 Å². The number of likely N-dealkylation sites (tertiary alicyclic amines) is 1. The average molecular weight is 191 g/mol. The van der Waals surface area contributed by atoms with Crippen LogP contribution < -0.4 is 0 Å². The summed E-state index contributed by atoms with van der Waals surface area (Å²) in [6, 6.07) is 8.36. The molecule has 0 aliphatic carbocycles. The second kappa shape index (κ2) is 4.01. The first-order valence-corrected chi connectivity index (χ1v) is 5.24. The van der Waals surface area contributed by atoms with Gasteiger partial charge in [0.2, 0.25) is 0 Å². The van der Waals surface area contributed by atoms with Gasteiger partial charge in [0.1, 0.15) is 5.75 Å². The molecular weight excluding hydrogens is 174 g/mol. The van der Waals surface area contributed by atoms with Crippen molar-refractivity contribution < 1.29 is 5.11 Å². The molecule has 0 spiro atoms. The van der Waals surface area contributed by atoms with Crippen LogP contribution in [-0.4, -0.2) is 29.6 Å². The highest BCUT2D eigenvalue weighted by Gasteiger charge is 2.23. The van der Waals surface area contributed by atoms with Gasteiger partial charge in [0.15, 0.2) is 0 Å². The zero-order valence-corrected chi connectivity index (χ0v) is 8.61. The molecule has 1 N–H and O–H groups in total. The standard InChI is InChI=1S/C12H17NO/c1-13-9-8-11(13)7-6-10-4-2-3-5-12(10)14/h2-5,11,14H,6-9H2,1H3. The molecule has 76 valence electrons. The molecule has 1 aromatic rings. The third-order valence-electron chi connectivity index (χ3n) is 3.18. The molecule has 1 aliphatic heterocycles. The third kappa shape index (κ3) is 1.90. The number of phenolic OH excluding ortho intramolecular Hbond substituents is 1. The van der Waals surface area contributed by atoms with E-state index in [0.29, 0.717) is 5.75 Å². The summed E-state index contributed by atoms with van der Waals surface area (Å²) in [5, 5.41) is 9.57. The van der Waals surface area contributed by atoms with Gasteiger partial charge in [0.25, 0.3) is 0 Å². The van der Waals surface area contributed by atoms with Crippen LogP contribution in [0.4, 0.5) is 0 Å². The van der Waals surface area contributed by atoms with E-state index in [-0.39, 0.29) is 0 Å². The van der Waals surface area contributed by atoms with Gasteiger partial charge >= 0.3 is 0 Å². The molecule has 1 atom stereocenters. The van der Waals surface area contributed by atoms with Crippen molar-refractivity contribution in [2.24, 2.45) is 0 Å². The summed E-state index contributed by atoms with van der Waals surface area (Å²) in [4.78, 5) is 2.37. The van der Waals surface area contributed by atoms with E-state index in [1.54, 1.807) is 6.07 Å². The van der Waals surface area contributed by atoms with Crippen LogP contribution in [0.25, 0.3) is 0 Å². The second-order valence-corrected chi connectivity index (χ2v) is 4.09. The molecule has 1 fully saturated rings. The van der Waals surface area contributed by atoms with Gasteiger partial charge in [0, 0.05) is 6.04 Å². The number of nitrogens with zero attached hydrogens (tertiary/aromatic N) is 1. The minimum Gasteiger partial charge on any atom is -0.508 e. The van der Waals surface area contributed by atoms with Crippen LogP contribution in [0.5, 0.6) is 5.75 Å². The molecule has 0 saturated carbocycles. The van der Waals surface area contributed by atoms with Gasteiger partial charge in [-0.25, -0.2) is 0 Å². The number of rotatable bonds is 3. The largest absolute Gasteiger partial charge is 0.508 e. The van der Waals surface area contributed by atoms with Crippen LogP contribution in [0.2, 0.25) is 0 Å². The Morgan fingerprint density at radius 3 is 2.79 bits per heavy atom. The van der Waals surface area contributed by atoms with Crippen molar-refractivity contribution in [1.29, 1.82) is 0 Å². The van der Waals surface area contributed by atoms with Crippen LogP contribution in [0, 0.1) is 0 Å². The van der Waals surface area contributed by atoms with E-state index < -0.39 is 0 Å². The third-order valence-corrected chi connectivity index (χ3v) is 3.18. The van der Waals surface area contributed by atoms with Gasteiger partial charge in [-0.1, -0.05) is 18.2 Å². The fraction of sp³-hybridized carbons (Fsp3) is 0.500. The van der Waals surface area contributed by atoms with Crippen LogP contribution in [0.15, 0.2) is 24.3 Å². The normalized spacial score (nSPS) is 21.9. The predicted octanol–water partition coefficient (Wildman–Crippen LogP) is 2.03. The fourth-order valence-electron chi connectivity index (χ4n) is 1.98. The van der Waals surface area contributed by atoms with E-state index in [1.807, 2.05) is 18.2 Å². The molecule has 1 unspecified atom stereocenters. The number of phenols is 1. The second-order valence-electron chi connectivity index (χ2n) is 4.09. The van der Waals surface area contributed by atoms with E-state index in [0.717, 1.165) is 24.4 Å². The van der Waals surface area contributed by atoms with Crippen molar-refractivity contribution in [3.63, 3.8) is 0 Å². The lowest BCUT2D eigenvalue weighted by Crippen LogP contribution is -2.44. The lowest BCUT2D eigenvalue weighted by molar-refractivity contribution is 0.118. The van der Waals surface area contributed by atoms with Crippen LogP contribution in [-0.2, 0) is 6.42 Å². The van der Waals surface area contributed by atoms with E-state index in [2.05, 4.69) is 11.9 Å². The lowest BCUT2D eigenvalue weighted by Gasteiger charge is -2.38. The minimum absolute atomic E-state index is 0.439. The minimum atomic E-state index is 0.439. The molecule has 1 saturated heterocycles. The van der Waals surface area contributed by atoms with E-state index in [1.165, 1.54) is 13.0 Å². The van der Waals surface area contributed by atoms with Crippen LogP contribution in [0.3, 0.4) is 0 Å². The number of para-hydroxylation sites is 1. The number of aromatic hydroxyl groups is 1.